The Morgan fingerprint density at radius 2 is 1.81 bits per heavy atom. The van der Waals surface area contributed by atoms with Gasteiger partial charge in [-0.15, -0.1) is 0 Å². The molecule has 0 bridgehead atoms. The minimum atomic E-state index is -0.489. The number of carbonyl (C=O) groups excluding carboxylic acids is 2. The van der Waals surface area contributed by atoms with E-state index in [1.807, 2.05) is 31.2 Å². The second-order valence-electron chi connectivity index (χ2n) is 7.65. The molecule has 0 unspecified atom stereocenters. The van der Waals surface area contributed by atoms with E-state index in [0.29, 0.717) is 34.3 Å². The fourth-order valence-electron chi connectivity index (χ4n) is 3.45. The molecule has 36 heavy (non-hydrogen) atoms. The molecule has 1 heterocycles. The Morgan fingerprint density at radius 3 is 2.53 bits per heavy atom. The van der Waals surface area contributed by atoms with Gasteiger partial charge in [-0.1, -0.05) is 47.5 Å². The van der Waals surface area contributed by atoms with Gasteiger partial charge in [-0.25, -0.2) is 4.39 Å². The van der Waals surface area contributed by atoms with Crippen molar-refractivity contribution < 1.29 is 23.5 Å². The van der Waals surface area contributed by atoms with E-state index in [-0.39, 0.29) is 23.1 Å². The number of nitrogens with zero attached hydrogens (tertiary/aromatic N) is 1. The van der Waals surface area contributed by atoms with Gasteiger partial charge in [0.2, 0.25) is 0 Å². The second kappa shape index (κ2) is 11.9. The number of imide groups is 1. The molecule has 186 valence electrons. The molecule has 1 aliphatic heterocycles. The topological polar surface area (TPSA) is 55.8 Å². The maximum atomic E-state index is 13.3. The highest BCUT2D eigenvalue weighted by atomic mass is 127. The minimum absolute atomic E-state index is 0.0440. The van der Waals surface area contributed by atoms with Crippen molar-refractivity contribution in [2.75, 3.05) is 6.61 Å². The molecule has 10 heteroatoms. The number of thioether (sulfide) groups is 1. The smallest absolute Gasteiger partial charge is 0.293 e. The van der Waals surface area contributed by atoms with Crippen molar-refractivity contribution in [2.45, 2.75) is 20.1 Å². The Labute approximate surface area is 235 Å². The number of halogens is 4. The van der Waals surface area contributed by atoms with Gasteiger partial charge in [0.25, 0.3) is 11.1 Å². The predicted octanol–water partition coefficient (Wildman–Crippen LogP) is 7.95. The van der Waals surface area contributed by atoms with E-state index in [1.54, 1.807) is 18.2 Å². The zero-order valence-corrected chi connectivity index (χ0v) is 23.4. The quantitative estimate of drug-likeness (QED) is 0.182. The summed E-state index contributed by atoms with van der Waals surface area (Å²) in [6.07, 6.45) is 1.64. The molecule has 3 aromatic rings. The maximum Gasteiger partial charge on any atom is 0.293 e. The van der Waals surface area contributed by atoms with Gasteiger partial charge in [-0.3, -0.25) is 14.5 Å². The molecule has 0 aromatic heterocycles. The average molecular weight is 658 g/mol. The van der Waals surface area contributed by atoms with Gasteiger partial charge < -0.3 is 9.47 Å². The highest BCUT2D eigenvalue weighted by Crippen LogP contribution is 2.38. The molecular formula is C26H19Cl2FINO4S. The number of amides is 2. The van der Waals surface area contributed by atoms with Crippen molar-refractivity contribution in [3.8, 4) is 11.5 Å². The van der Waals surface area contributed by atoms with Crippen molar-refractivity contribution in [3.63, 3.8) is 0 Å². The molecule has 4 rings (SSSR count). The van der Waals surface area contributed by atoms with Crippen LogP contribution in [-0.4, -0.2) is 22.7 Å². The number of hydrogen-bond acceptors (Lipinski definition) is 5. The molecule has 3 aromatic carbocycles. The third-order valence-electron chi connectivity index (χ3n) is 5.18. The molecule has 0 spiro atoms. The molecule has 5 nitrogen and oxygen atoms in total. The van der Waals surface area contributed by atoms with Crippen molar-refractivity contribution in [3.05, 3.63) is 95.6 Å². The third kappa shape index (κ3) is 6.16. The Balaban J connectivity index is 1.56. The molecule has 1 fully saturated rings. The zero-order chi connectivity index (χ0) is 25.8. The van der Waals surface area contributed by atoms with Gasteiger partial charge in [-0.2, -0.15) is 0 Å². The first-order valence-electron chi connectivity index (χ1n) is 10.8. The van der Waals surface area contributed by atoms with Crippen LogP contribution in [0, 0.1) is 9.39 Å². The highest BCUT2D eigenvalue weighted by molar-refractivity contribution is 14.1. The molecule has 1 saturated heterocycles. The van der Waals surface area contributed by atoms with E-state index >= 15 is 0 Å². The summed E-state index contributed by atoms with van der Waals surface area (Å²) < 4.78 is 26.0. The van der Waals surface area contributed by atoms with Crippen LogP contribution in [0.15, 0.2) is 59.5 Å². The van der Waals surface area contributed by atoms with Crippen LogP contribution in [0.2, 0.25) is 10.0 Å². The van der Waals surface area contributed by atoms with E-state index in [2.05, 4.69) is 22.6 Å². The van der Waals surface area contributed by atoms with Gasteiger partial charge in [-0.05, 0) is 88.8 Å². The Kier molecular flexibility index (Phi) is 8.82. The monoisotopic (exact) mass is 657 g/mol. The van der Waals surface area contributed by atoms with Crippen LogP contribution in [0.1, 0.15) is 23.6 Å². The Bertz CT molecular complexity index is 1370. The van der Waals surface area contributed by atoms with Gasteiger partial charge >= 0.3 is 0 Å². The first kappa shape index (κ1) is 26.8. The summed E-state index contributed by atoms with van der Waals surface area (Å²) >= 11 is 15.3. The number of ether oxygens (including phenoxy) is 2. The highest BCUT2D eigenvalue weighted by Gasteiger charge is 2.35. The molecule has 0 atom stereocenters. The summed E-state index contributed by atoms with van der Waals surface area (Å²) in [6.45, 7) is 2.50. The lowest BCUT2D eigenvalue weighted by atomic mass is 10.1. The zero-order valence-electron chi connectivity index (χ0n) is 18.9. The lowest BCUT2D eigenvalue weighted by Crippen LogP contribution is -2.27. The molecule has 0 N–H and O–H groups in total. The van der Waals surface area contributed by atoms with Crippen LogP contribution in [0.25, 0.3) is 6.08 Å². The van der Waals surface area contributed by atoms with Gasteiger partial charge in [0.1, 0.15) is 12.4 Å². The van der Waals surface area contributed by atoms with Crippen LogP contribution >= 0.6 is 57.6 Å². The van der Waals surface area contributed by atoms with Crippen LogP contribution in [0.4, 0.5) is 9.18 Å². The number of rotatable bonds is 8. The Hall–Kier alpha value is -2.27. The van der Waals surface area contributed by atoms with Crippen molar-refractivity contribution >= 4 is 74.8 Å². The fourth-order valence-corrected chi connectivity index (χ4v) is 5.48. The summed E-state index contributed by atoms with van der Waals surface area (Å²) in [4.78, 5) is 26.9. The normalized spacial score (nSPS) is 14.6. The third-order valence-corrected chi connectivity index (χ3v) is 7.61. The van der Waals surface area contributed by atoms with Gasteiger partial charge in [0.15, 0.2) is 11.5 Å². The van der Waals surface area contributed by atoms with Crippen LogP contribution in [0.5, 0.6) is 11.5 Å². The summed E-state index contributed by atoms with van der Waals surface area (Å²) in [7, 11) is 0. The summed E-state index contributed by atoms with van der Waals surface area (Å²) in [5.74, 6) is 0.141. The lowest BCUT2D eigenvalue weighted by Gasteiger charge is -2.15. The SMILES string of the molecule is CCOc1cc(/C=C2\SC(=O)N(Cc3ccc(F)cc3Cl)C2=O)cc(I)c1OCc1ccccc1Cl. The molecule has 1 aliphatic rings. The van der Waals surface area contributed by atoms with Crippen LogP contribution < -0.4 is 9.47 Å². The molecule has 0 aliphatic carbocycles. The maximum absolute atomic E-state index is 13.3. The van der Waals surface area contributed by atoms with Gasteiger partial charge in [0.05, 0.1) is 21.6 Å². The van der Waals surface area contributed by atoms with Crippen LogP contribution in [-0.2, 0) is 17.9 Å². The Morgan fingerprint density at radius 1 is 1.03 bits per heavy atom. The van der Waals surface area contributed by atoms with Gasteiger partial charge in [0, 0.05) is 15.6 Å². The minimum Gasteiger partial charge on any atom is -0.490 e. The van der Waals surface area contributed by atoms with E-state index in [4.69, 9.17) is 32.7 Å². The largest absolute Gasteiger partial charge is 0.490 e. The first-order chi connectivity index (χ1) is 17.3. The van der Waals surface area contributed by atoms with E-state index in [1.165, 1.54) is 12.1 Å². The number of benzene rings is 3. The predicted molar refractivity (Wildman–Crippen MR) is 149 cm³/mol. The summed E-state index contributed by atoms with van der Waals surface area (Å²) in [6, 6.07) is 14.9. The second-order valence-corrected chi connectivity index (χ2v) is 10.6. The standard InChI is InChI=1S/C26H19Cl2FINO4S/c1-2-34-22-10-15(9-21(30)24(22)35-14-17-5-3-4-6-19(17)27)11-23-25(32)31(26(33)36-23)13-16-7-8-18(29)12-20(16)28/h3-12H,2,13-14H2,1H3/b23-11-. The fraction of sp³-hybridized carbons (Fsp3) is 0.154. The van der Waals surface area contributed by atoms with Crippen molar-refractivity contribution in [1.29, 1.82) is 0 Å². The van der Waals surface area contributed by atoms with E-state index in [9.17, 15) is 14.0 Å². The van der Waals surface area contributed by atoms with E-state index < -0.39 is 17.0 Å². The average Bonchev–Trinajstić information content (AvgIpc) is 3.08. The lowest BCUT2D eigenvalue weighted by molar-refractivity contribution is -0.123. The van der Waals surface area contributed by atoms with E-state index in [0.717, 1.165) is 31.9 Å². The number of hydrogen-bond donors (Lipinski definition) is 0. The van der Waals surface area contributed by atoms with Crippen molar-refractivity contribution in [1.82, 2.24) is 4.90 Å². The van der Waals surface area contributed by atoms with Crippen molar-refractivity contribution in [2.24, 2.45) is 0 Å². The summed E-state index contributed by atoms with van der Waals surface area (Å²) in [5, 5.41) is 0.340. The molecular weight excluding hydrogens is 639 g/mol. The van der Waals surface area contributed by atoms with Crippen LogP contribution in [0.3, 0.4) is 0 Å². The first-order valence-corrected chi connectivity index (χ1v) is 13.4. The summed E-state index contributed by atoms with van der Waals surface area (Å²) in [5.41, 5.74) is 2.00. The molecule has 0 saturated carbocycles. The molecule has 0 radical (unpaired) electrons. The molecule has 2 amide bonds. The number of carbonyl (C=O) groups is 2.